The zero-order valence-corrected chi connectivity index (χ0v) is 17.8. The van der Waals surface area contributed by atoms with Crippen molar-refractivity contribution in [2.75, 3.05) is 19.0 Å². The van der Waals surface area contributed by atoms with E-state index in [4.69, 9.17) is 26.2 Å². The summed E-state index contributed by atoms with van der Waals surface area (Å²) in [5, 5.41) is 21.3. The summed E-state index contributed by atoms with van der Waals surface area (Å²) in [5.41, 5.74) is 1.62. The summed E-state index contributed by atoms with van der Waals surface area (Å²) in [4.78, 5) is 23.2. The lowest BCUT2D eigenvalue weighted by molar-refractivity contribution is -0.139. The molecule has 2 aromatic carbocycles. The Kier molecular flexibility index (Phi) is 7.65. The first-order valence-electron chi connectivity index (χ1n) is 8.16. The first kappa shape index (κ1) is 22.3. The van der Waals surface area contributed by atoms with Gasteiger partial charge in [0.15, 0.2) is 18.1 Å². The average molecular weight is 480 g/mol. The summed E-state index contributed by atoms with van der Waals surface area (Å²) in [6, 6.07) is 9.94. The number of hydrogen-bond donors (Lipinski definition) is 2. The molecule has 0 aromatic heterocycles. The highest BCUT2D eigenvalue weighted by atomic mass is 79.9. The highest BCUT2D eigenvalue weighted by molar-refractivity contribution is 9.10. The van der Waals surface area contributed by atoms with E-state index in [0.29, 0.717) is 20.7 Å². The lowest BCUT2D eigenvalue weighted by Crippen LogP contribution is -2.14. The lowest BCUT2D eigenvalue weighted by Gasteiger charge is -2.12. The fourth-order valence-electron chi connectivity index (χ4n) is 2.30. The molecule has 0 aliphatic heterocycles. The number of aryl methyl sites for hydroxylation is 1. The summed E-state index contributed by atoms with van der Waals surface area (Å²) in [6.45, 7) is 1.27. The van der Waals surface area contributed by atoms with Crippen LogP contribution in [0.4, 0.5) is 5.69 Å². The van der Waals surface area contributed by atoms with Crippen LogP contribution in [0, 0.1) is 18.3 Å². The second kappa shape index (κ2) is 9.96. The Balaban J connectivity index is 2.34. The van der Waals surface area contributed by atoms with E-state index in [0.717, 1.165) is 5.56 Å². The minimum atomic E-state index is -1.13. The van der Waals surface area contributed by atoms with Gasteiger partial charge in [0, 0.05) is 15.2 Å². The number of amides is 1. The van der Waals surface area contributed by atoms with E-state index in [1.807, 2.05) is 6.07 Å². The number of aliphatic carboxylic acids is 1. The number of hydrogen-bond acceptors (Lipinski definition) is 5. The minimum absolute atomic E-state index is 0.147. The van der Waals surface area contributed by atoms with Gasteiger partial charge >= 0.3 is 5.97 Å². The third-order valence-corrected chi connectivity index (χ3v) is 4.67. The Morgan fingerprint density at radius 3 is 2.66 bits per heavy atom. The van der Waals surface area contributed by atoms with Crippen LogP contribution in [0.1, 0.15) is 11.1 Å². The van der Waals surface area contributed by atoms with Crippen molar-refractivity contribution in [2.24, 2.45) is 0 Å². The molecular weight excluding hydrogens is 464 g/mol. The normalized spacial score (nSPS) is 10.8. The van der Waals surface area contributed by atoms with Gasteiger partial charge in [-0.3, -0.25) is 4.79 Å². The van der Waals surface area contributed by atoms with Gasteiger partial charge in [-0.15, -0.1) is 0 Å². The summed E-state index contributed by atoms with van der Waals surface area (Å²) < 4.78 is 10.9. The van der Waals surface area contributed by atoms with Gasteiger partial charge in [-0.1, -0.05) is 33.6 Å². The third kappa shape index (κ3) is 5.98. The molecule has 150 valence electrons. The highest BCUT2D eigenvalue weighted by Gasteiger charge is 2.15. The monoisotopic (exact) mass is 478 g/mol. The number of benzene rings is 2. The maximum Gasteiger partial charge on any atom is 0.341 e. The number of carboxylic acid groups (broad SMARTS) is 1. The van der Waals surface area contributed by atoms with E-state index >= 15 is 0 Å². The Morgan fingerprint density at radius 1 is 1.31 bits per heavy atom. The Labute approximate surface area is 180 Å². The van der Waals surface area contributed by atoms with Gasteiger partial charge < -0.3 is 19.9 Å². The molecule has 1 amide bonds. The number of carbonyl (C=O) groups is 2. The van der Waals surface area contributed by atoms with Gasteiger partial charge in [0.25, 0.3) is 5.91 Å². The molecule has 0 fully saturated rings. The maximum absolute atomic E-state index is 12.5. The number of carboxylic acids is 1. The Morgan fingerprint density at radius 2 is 2.03 bits per heavy atom. The first-order chi connectivity index (χ1) is 13.7. The molecule has 2 rings (SSSR count). The van der Waals surface area contributed by atoms with Crippen LogP contribution in [-0.2, 0) is 9.59 Å². The van der Waals surface area contributed by atoms with Gasteiger partial charge in [0.1, 0.15) is 11.6 Å². The van der Waals surface area contributed by atoms with Crippen molar-refractivity contribution >= 4 is 51.2 Å². The van der Waals surface area contributed by atoms with E-state index in [9.17, 15) is 14.9 Å². The fraction of sp³-hybridized carbons (Fsp3) is 0.150. The molecule has 0 aliphatic carbocycles. The molecule has 2 aromatic rings. The fourth-order valence-corrected chi connectivity index (χ4v) is 2.90. The van der Waals surface area contributed by atoms with E-state index in [1.54, 1.807) is 25.1 Å². The molecule has 9 heteroatoms. The summed E-state index contributed by atoms with van der Waals surface area (Å²) in [6.07, 6.45) is 1.38. The number of carbonyl (C=O) groups excluding carboxylic acids is 1. The Bertz CT molecular complexity index is 1030. The van der Waals surface area contributed by atoms with Crippen LogP contribution in [0.5, 0.6) is 11.5 Å². The maximum atomic E-state index is 12.5. The van der Waals surface area contributed by atoms with Gasteiger partial charge in [0.05, 0.1) is 7.11 Å². The summed E-state index contributed by atoms with van der Waals surface area (Å²) in [5.74, 6) is -1.28. The first-order valence-corrected chi connectivity index (χ1v) is 9.33. The van der Waals surface area contributed by atoms with E-state index in [-0.39, 0.29) is 17.1 Å². The van der Waals surface area contributed by atoms with Crippen molar-refractivity contribution in [1.82, 2.24) is 0 Å². The number of ether oxygens (including phenoxy) is 2. The van der Waals surface area contributed by atoms with Crippen molar-refractivity contribution in [2.45, 2.75) is 6.92 Å². The predicted molar refractivity (Wildman–Crippen MR) is 112 cm³/mol. The number of anilines is 1. The van der Waals surface area contributed by atoms with Crippen molar-refractivity contribution in [3.05, 3.63) is 56.5 Å². The van der Waals surface area contributed by atoms with Crippen molar-refractivity contribution in [3.8, 4) is 17.6 Å². The number of methoxy groups -OCH3 is 1. The predicted octanol–water partition coefficient (Wildman–Crippen LogP) is 4.43. The molecule has 0 saturated heterocycles. The second-order valence-electron chi connectivity index (χ2n) is 5.79. The Hall–Kier alpha value is -3.02. The van der Waals surface area contributed by atoms with Crippen LogP contribution in [-0.4, -0.2) is 30.7 Å². The standard InChI is InChI=1S/C20H16BrClN2O5/c1-11-3-4-14(22)7-16(11)24-20(27)13(9-23)5-12-6-17(28-2)18(8-15(12)21)29-10-19(25)26/h3-8H,10H2,1-2H3,(H,24,27)(H,25,26)/b13-5+. The second-order valence-corrected chi connectivity index (χ2v) is 7.08. The third-order valence-electron chi connectivity index (χ3n) is 3.75. The van der Waals surface area contributed by atoms with Crippen LogP contribution < -0.4 is 14.8 Å². The number of halogens is 2. The van der Waals surface area contributed by atoms with Crippen LogP contribution in [0.25, 0.3) is 6.08 Å². The number of rotatable bonds is 7. The van der Waals surface area contributed by atoms with E-state index < -0.39 is 18.5 Å². The van der Waals surface area contributed by atoms with Gasteiger partial charge in [-0.25, -0.2) is 4.79 Å². The zero-order chi connectivity index (χ0) is 21.6. The summed E-state index contributed by atoms with van der Waals surface area (Å²) >= 11 is 9.28. The van der Waals surface area contributed by atoms with E-state index in [1.165, 1.54) is 25.3 Å². The van der Waals surface area contributed by atoms with Gasteiger partial charge in [-0.2, -0.15) is 5.26 Å². The molecular formula is C20H16BrClN2O5. The summed E-state index contributed by atoms with van der Waals surface area (Å²) in [7, 11) is 1.39. The highest BCUT2D eigenvalue weighted by Crippen LogP contribution is 2.34. The SMILES string of the molecule is COc1cc(/C=C(\C#N)C(=O)Nc2cc(Cl)ccc2C)c(Br)cc1OCC(=O)O. The molecule has 0 spiro atoms. The molecule has 0 unspecified atom stereocenters. The molecule has 0 atom stereocenters. The van der Waals surface area contributed by atoms with Crippen molar-refractivity contribution < 1.29 is 24.2 Å². The molecule has 29 heavy (non-hydrogen) atoms. The molecule has 0 saturated carbocycles. The van der Waals surface area contributed by atoms with Crippen molar-refractivity contribution in [1.29, 1.82) is 5.26 Å². The smallest absolute Gasteiger partial charge is 0.341 e. The molecule has 0 aliphatic rings. The quantitative estimate of drug-likeness (QED) is 0.449. The number of nitrogens with zero attached hydrogens (tertiary/aromatic N) is 1. The zero-order valence-electron chi connectivity index (χ0n) is 15.5. The lowest BCUT2D eigenvalue weighted by atomic mass is 10.1. The minimum Gasteiger partial charge on any atom is -0.493 e. The van der Waals surface area contributed by atoms with E-state index in [2.05, 4.69) is 21.2 Å². The topological polar surface area (TPSA) is 109 Å². The van der Waals surface area contributed by atoms with Crippen LogP contribution in [0.2, 0.25) is 5.02 Å². The van der Waals surface area contributed by atoms with Gasteiger partial charge in [0.2, 0.25) is 0 Å². The number of nitrogens with one attached hydrogen (secondary N) is 1. The molecule has 2 N–H and O–H groups in total. The van der Waals surface area contributed by atoms with Crippen LogP contribution in [0.15, 0.2) is 40.4 Å². The van der Waals surface area contributed by atoms with Crippen LogP contribution in [0.3, 0.4) is 0 Å². The van der Waals surface area contributed by atoms with Crippen molar-refractivity contribution in [3.63, 3.8) is 0 Å². The average Bonchev–Trinajstić information content (AvgIpc) is 2.68. The molecule has 0 bridgehead atoms. The number of nitriles is 1. The molecule has 0 heterocycles. The largest absolute Gasteiger partial charge is 0.493 e. The molecule has 7 nitrogen and oxygen atoms in total. The molecule has 0 radical (unpaired) electrons. The van der Waals surface area contributed by atoms with Gasteiger partial charge in [-0.05, 0) is 48.4 Å². The van der Waals surface area contributed by atoms with Crippen LogP contribution >= 0.6 is 27.5 Å².